The summed E-state index contributed by atoms with van der Waals surface area (Å²) < 4.78 is 36.3. The number of hydrogen-bond acceptors (Lipinski definition) is 6. The Balaban J connectivity index is 1.41. The number of aromatic nitrogens is 1. The number of carbonyl (C=O) groups excluding carboxylic acids is 1. The van der Waals surface area contributed by atoms with Crippen molar-refractivity contribution in [2.24, 2.45) is 0 Å². The lowest BCUT2D eigenvalue weighted by Gasteiger charge is -2.34. The first-order valence-corrected chi connectivity index (χ1v) is 13.5. The lowest BCUT2D eigenvalue weighted by molar-refractivity contribution is -0.122. The van der Waals surface area contributed by atoms with Crippen molar-refractivity contribution in [3.05, 3.63) is 88.0 Å². The van der Waals surface area contributed by atoms with Gasteiger partial charge in [0.25, 0.3) is 5.91 Å². The van der Waals surface area contributed by atoms with Gasteiger partial charge in [-0.25, -0.2) is 8.42 Å². The number of anilines is 2. The van der Waals surface area contributed by atoms with Gasteiger partial charge in [-0.15, -0.1) is 0 Å². The zero-order valence-electron chi connectivity index (χ0n) is 18.9. The Morgan fingerprint density at radius 3 is 2.60 bits per heavy atom. The van der Waals surface area contributed by atoms with Gasteiger partial charge < -0.3 is 10.1 Å². The first-order valence-electron chi connectivity index (χ1n) is 11.1. The minimum Gasteiger partial charge on any atom is -0.476 e. The smallest absolute Gasteiger partial charge is 0.308 e. The molecule has 2 heterocycles. The maximum Gasteiger partial charge on any atom is 0.308 e. The number of amides is 1. The van der Waals surface area contributed by atoms with Crippen LogP contribution in [0.2, 0.25) is 0 Å². The highest BCUT2D eigenvalue weighted by molar-refractivity contribution is 7.92. The Morgan fingerprint density at radius 2 is 1.83 bits per heavy atom. The molecule has 1 atom stereocenters. The van der Waals surface area contributed by atoms with Gasteiger partial charge in [0.2, 0.25) is 10.0 Å². The number of nitrogens with one attached hydrogen (secondary N) is 1. The van der Waals surface area contributed by atoms with Crippen LogP contribution < -0.4 is 19.2 Å². The molecule has 0 fully saturated rings. The van der Waals surface area contributed by atoms with Crippen molar-refractivity contribution in [1.29, 1.82) is 0 Å². The van der Waals surface area contributed by atoms with Gasteiger partial charge in [-0.3, -0.25) is 18.5 Å². The van der Waals surface area contributed by atoms with E-state index in [1.807, 2.05) is 13.0 Å². The van der Waals surface area contributed by atoms with Gasteiger partial charge in [0.05, 0.1) is 28.2 Å². The van der Waals surface area contributed by atoms with Crippen LogP contribution in [-0.4, -0.2) is 31.5 Å². The largest absolute Gasteiger partial charge is 0.476 e. The molecule has 3 aromatic carbocycles. The van der Waals surface area contributed by atoms with Crippen LogP contribution in [0.15, 0.2) is 77.6 Å². The van der Waals surface area contributed by atoms with Crippen molar-refractivity contribution in [3.63, 3.8) is 0 Å². The Bertz CT molecular complexity index is 1560. The number of sulfonamides is 1. The van der Waals surface area contributed by atoms with Crippen LogP contribution in [0, 0.1) is 0 Å². The number of fused-ring (bicyclic) bond motifs is 2. The number of rotatable bonds is 6. The SMILES string of the molecule is CCn1c(=O)sc2cc(NC(=O)[C@@H]3CN(S(=O)(=O)Cc4ccccc4)c4ccccc4O3)ccc21. The van der Waals surface area contributed by atoms with Crippen LogP contribution in [0.25, 0.3) is 10.2 Å². The summed E-state index contributed by atoms with van der Waals surface area (Å²) in [7, 11) is -3.79. The van der Waals surface area contributed by atoms with E-state index in [-0.39, 0.29) is 17.2 Å². The van der Waals surface area contributed by atoms with Crippen molar-refractivity contribution in [2.45, 2.75) is 25.3 Å². The second-order valence-electron chi connectivity index (χ2n) is 8.13. The molecule has 1 aromatic heterocycles. The van der Waals surface area contributed by atoms with Crippen molar-refractivity contribution in [1.82, 2.24) is 4.57 Å². The van der Waals surface area contributed by atoms with Crippen LogP contribution in [0.1, 0.15) is 12.5 Å². The average Bonchev–Trinajstić information content (AvgIpc) is 3.17. The minimum atomic E-state index is -3.79. The molecule has 8 nitrogen and oxygen atoms in total. The molecule has 0 radical (unpaired) electrons. The Morgan fingerprint density at radius 1 is 1.09 bits per heavy atom. The van der Waals surface area contributed by atoms with E-state index in [1.165, 1.54) is 4.31 Å². The number of nitrogens with zero attached hydrogens (tertiary/aromatic N) is 2. The monoisotopic (exact) mass is 509 g/mol. The zero-order valence-corrected chi connectivity index (χ0v) is 20.5. The van der Waals surface area contributed by atoms with Gasteiger partial charge in [-0.05, 0) is 42.8 Å². The van der Waals surface area contributed by atoms with Crippen LogP contribution in [0.4, 0.5) is 11.4 Å². The highest BCUT2D eigenvalue weighted by Gasteiger charge is 2.36. The summed E-state index contributed by atoms with van der Waals surface area (Å²) >= 11 is 1.11. The Hall–Kier alpha value is -3.63. The number of hydrogen-bond donors (Lipinski definition) is 1. The van der Waals surface area contributed by atoms with E-state index in [9.17, 15) is 18.0 Å². The summed E-state index contributed by atoms with van der Waals surface area (Å²) in [6, 6.07) is 20.9. The number of benzene rings is 3. The van der Waals surface area contributed by atoms with E-state index in [2.05, 4.69) is 5.32 Å². The summed E-state index contributed by atoms with van der Waals surface area (Å²) in [5.41, 5.74) is 2.37. The minimum absolute atomic E-state index is 0.0579. The fourth-order valence-electron chi connectivity index (χ4n) is 4.13. The highest BCUT2D eigenvalue weighted by Crippen LogP contribution is 2.36. The molecule has 1 N–H and O–H groups in total. The number of aryl methyl sites for hydroxylation is 1. The number of ether oxygens (including phenoxy) is 1. The molecule has 35 heavy (non-hydrogen) atoms. The summed E-state index contributed by atoms with van der Waals surface area (Å²) in [4.78, 5) is 25.2. The van der Waals surface area contributed by atoms with E-state index < -0.39 is 22.0 Å². The van der Waals surface area contributed by atoms with Crippen molar-refractivity contribution in [2.75, 3.05) is 16.2 Å². The van der Waals surface area contributed by atoms with E-state index in [4.69, 9.17) is 4.74 Å². The first-order chi connectivity index (χ1) is 16.9. The van der Waals surface area contributed by atoms with Crippen molar-refractivity contribution >= 4 is 48.9 Å². The summed E-state index contributed by atoms with van der Waals surface area (Å²) in [6.07, 6.45) is -1.05. The molecule has 5 rings (SSSR count). The third kappa shape index (κ3) is 4.54. The molecule has 10 heteroatoms. The molecular weight excluding hydrogens is 486 g/mol. The molecule has 0 unspecified atom stereocenters. The quantitative estimate of drug-likeness (QED) is 0.426. The fourth-order valence-corrected chi connectivity index (χ4v) is 6.71. The second-order valence-corrected chi connectivity index (χ2v) is 11.0. The van der Waals surface area contributed by atoms with Gasteiger partial charge >= 0.3 is 4.87 Å². The fraction of sp³-hybridized carbons (Fsp3) is 0.200. The van der Waals surface area contributed by atoms with Crippen LogP contribution in [-0.2, 0) is 27.1 Å². The topological polar surface area (TPSA) is 97.7 Å². The third-order valence-electron chi connectivity index (χ3n) is 5.81. The van der Waals surface area contributed by atoms with Crippen LogP contribution >= 0.6 is 11.3 Å². The van der Waals surface area contributed by atoms with Gasteiger partial charge in [0.1, 0.15) is 5.75 Å². The van der Waals surface area contributed by atoms with Gasteiger partial charge in [0, 0.05) is 12.2 Å². The van der Waals surface area contributed by atoms with E-state index in [0.717, 1.165) is 21.6 Å². The molecule has 0 bridgehead atoms. The zero-order chi connectivity index (χ0) is 24.6. The van der Waals surface area contributed by atoms with Gasteiger partial charge in [-0.1, -0.05) is 53.8 Å². The maximum absolute atomic E-state index is 13.4. The van der Waals surface area contributed by atoms with Gasteiger partial charge in [0.15, 0.2) is 6.10 Å². The highest BCUT2D eigenvalue weighted by atomic mass is 32.2. The standard InChI is InChI=1S/C25H23N3O5S2/c1-2-27-20-13-12-18(14-23(20)34-25(27)30)26-24(29)22-15-28(19-10-6-7-11-21(19)33-22)35(31,32)16-17-8-4-3-5-9-17/h3-14,22H,2,15-16H2,1H3,(H,26,29)/t22-/m0/s1. The summed E-state index contributed by atoms with van der Waals surface area (Å²) in [6.45, 7) is 2.31. The summed E-state index contributed by atoms with van der Waals surface area (Å²) in [5, 5.41) is 2.81. The maximum atomic E-state index is 13.4. The number of thiazole rings is 1. The molecule has 180 valence electrons. The van der Waals surface area contributed by atoms with Crippen molar-refractivity contribution < 1.29 is 17.9 Å². The predicted octanol–water partition coefficient (Wildman–Crippen LogP) is 3.82. The van der Waals surface area contributed by atoms with E-state index in [1.54, 1.807) is 71.3 Å². The third-order valence-corrected chi connectivity index (χ3v) is 8.46. The molecule has 1 aliphatic rings. The number of carbonyl (C=O) groups is 1. The average molecular weight is 510 g/mol. The lowest BCUT2D eigenvalue weighted by Crippen LogP contribution is -2.49. The molecule has 0 saturated heterocycles. The molecular formula is C25H23N3O5S2. The molecule has 0 saturated carbocycles. The first kappa shape index (κ1) is 23.1. The summed E-state index contributed by atoms with van der Waals surface area (Å²) in [5.74, 6) is -0.342. The van der Waals surface area contributed by atoms with E-state index >= 15 is 0 Å². The predicted molar refractivity (Wildman–Crippen MR) is 138 cm³/mol. The van der Waals surface area contributed by atoms with Crippen molar-refractivity contribution in [3.8, 4) is 5.75 Å². The Kier molecular flexibility index (Phi) is 6.08. The van der Waals surface area contributed by atoms with E-state index in [0.29, 0.717) is 29.2 Å². The molecule has 1 amide bonds. The number of para-hydroxylation sites is 2. The Labute approximate surface area is 206 Å². The molecule has 1 aliphatic heterocycles. The lowest BCUT2D eigenvalue weighted by atomic mass is 10.2. The molecule has 4 aromatic rings. The van der Waals surface area contributed by atoms with Gasteiger partial charge in [-0.2, -0.15) is 0 Å². The molecule has 0 aliphatic carbocycles. The second kappa shape index (κ2) is 9.20. The normalized spacial score (nSPS) is 15.5. The van der Waals surface area contributed by atoms with Crippen LogP contribution in [0.3, 0.4) is 0 Å². The molecule has 0 spiro atoms. The van der Waals surface area contributed by atoms with Crippen LogP contribution in [0.5, 0.6) is 5.75 Å².